The Hall–Kier alpha value is 0.177. The van der Waals surface area contributed by atoms with E-state index in [1.165, 1.54) is 24.6 Å². The molecule has 0 fully saturated rings. The summed E-state index contributed by atoms with van der Waals surface area (Å²) >= 11 is 0. The summed E-state index contributed by atoms with van der Waals surface area (Å²) in [4.78, 5) is 0. The van der Waals surface area contributed by atoms with Crippen LogP contribution in [0.15, 0.2) is 0 Å². The normalized spacial score (nSPS) is 14.5. The summed E-state index contributed by atoms with van der Waals surface area (Å²) in [6.45, 7) is 12.4. The fraction of sp³-hybridized carbons (Fsp3) is 1.00. The van der Waals surface area contributed by atoms with Crippen LogP contribution in [0.1, 0.15) is 41.0 Å². The third-order valence-electron chi connectivity index (χ3n) is 3.30. The van der Waals surface area contributed by atoms with E-state index in [2.05, 4.69) is 34.6 Å². The highest BCUT2D eigenvalue weighted by atomic mass is 28.4. The number of hydrogen-bond acceptors (Lipinski definition) is 1. The van der Waals surface area contributed by atoms with Crippen LogP contribution in [0, 0.1) is 5.92 Å². The molecular formula is C11H26OSi. The third-order valence-corrected chi connectivity index (χ3v) is 7.95. The van der Waals surface area contributed by atoms with Gasteiger partial charge < -0.3 is 4.43 Å². The second-order valence-electron chi connectivity index (χ2n) is 4.07. The Labute approximate surface area is 85.0 Å². The average Bonchev–Trinajstić information content (AvgIpc) is 2.20. The van der Waals surface area contributed by atoms with Crippen molar-refractivity contribution < 1.29 is 4.43 Å². The fourth-order valence-corrected chi connectivity index (χ4v) is 4.24. The monoisotopic (exact) mass is 202 g/mol. The molecule has 80 valence electrons. The molecule has 0 radical (unpaired) electrons. The molecule has 0 saturated heterocycles. The summed E-state index contributed by atoms with van der Waals surface area (Å²) < 4.78 is 6.17. The Morgan fingerprint density at radius 2 is 1.46 bits per heavy atom. The molecule has 0 aliphatic carbocycles. The molecule has 0 aromatic heterocycles. The van der Waals surface area contributed by atoms with E-state index in [9.17, 15) is 0 Å². The van der Waals surface area contributed by atoms with Crippen LogP contribution in [-0.2, 0) is 4.43 Å². The molecule has 0 aliphatic heterocycles. The van der Waals surface area contributed by atoms with Crippen LogP contribution in [0.2, 0.25) is 18.1 Å². The lowest BCUT2D eigenvalue weighted by molar-refractivity contribution is 0.242. The van der Waals surface area contributed by atoms with Gasteiger partial charge >= 0.3 is 0 Å². The van der Waals surface area contributed by atoms with Gasteiger partial charge in [-0.1, -0.05) is 41.0 Å². The van der Waals surface area contributed by atoms with E-state index >= 15 is 0 Å². The van der Waals surface area contributed by atoms with Crippen molar-refractivity contribution in [1.82, 2.24) is 0 Å². The smallest absolute Gasteiger partial charge is 0.191 e. The van der Waals surface area contributed by atoms with Gasteiger partial charge in [-0.05, 0) is 24.1 Å². The maximum Gasteiger partial charge on any atom is 0.191 e. The van der Waals surface area contributed by atoms with Gasteiger partial charge in [0.15, 0.2) is 8.32 Å². The lowest BCUT2D eigenvalue weighted by Gasteiger charge is -2.29. The molecule has 2 heteroatoms. The third kappa shape index (κ3) is 4.27. The van der Waals surface area contributed by atoms with Crippen LogP contribution in [0.5, 0.6) is 0 Å². The van der Waals surface area contributed by atoms with Crippen molar-refractivity contribution in [2.45, 2.75) is 59.2 Å². The van der Waals surface area contributed by atoms with E-state index in [1.807, 2.05) is 0 Å². The lowest BCUT2D eigenvalue weighted by Crippen LogP contribution is -2.37. The lowest BCUT2D eigenvalue weighted by atomic mass is 10.1. The summed E-state index contributed by atoms with van der Waals surface area (Å²) in [7, 11) is -1.30. The molecule has 13 heavy (non-hydrogen) atoms. The van der Waals surface area contributed by atoms with E-state index in [4.69, 9.17) is 4.43 Å². The van der Waals surface area contributed by atoms with Gasteiger partial charge in [0, 0.05) is 6.61 Å². The highest BCUT2D eigenvalue weighted by Gasteiger charge is 2.28. The minimum absolute atomic E-state index is 0.733. The first-order chi connectivity index (χ1) is 6.14. The van der Waals surface area contributed by atoms with Crippen molar-refractivity contribution in [3.05, 3.63) is 0 Å². The summed E-state index contributed by atoms with van der Waals surface area (Å²) in [5.74, 6) is 0.733. The van der Waals surface area contributed by atoms with Gasteiger partial charge in [-0.15, -0.1) is 0 Å². The van der Waals surface area contributed by atoms with E-state index in [0.717, 1.165) is 12.5 Å². The zero-order valence-corrected chi connectivity index (χ0v) is 11.0. The minimum atomic E-state index is -1.30. The van der Waals surface area contributed by atoms with Gasteiger partial charge in [-0.25, -0.2) is 0 Å². The Kier molecular flexibility index (Phi) is 6.69. The molecule has 0 aromatic rings. The van der Waals surface area contributed by atoms with E-state index in [0.29, 0.717) is 0 Å². The van der Waals surface area contributed by atoms with Crippen molar-refractivity contribution in [3.63, 3.8) is 0 Å². The molecule has 0 aromatic carbocycles. The predicted octanol–water partition coefficient (Wildman–Crippen LogP) is 4.05. The molecule has 1 unspecified atom stereocenters. The molecule has 0 bridgehead atoms. The summed E-state index contributed by atoms with van der Waals surface area (Å²) in [5.41, 5.74) is 0. The van der Waals surface area contributed by atoms with Crippen LogP contribution < -0.4 is 0 Å². The van der Waals surface area contributed by atoms with Gasteiger partial charge in [-0.3, -0.25) is 0 Å². The molecule has 0 heterocycles. The highest BCUT2D eigenvalue weighted by Crippen LogP contribution is 2.22. The van der Waals surface area contributed by atoms with E-state index in [-0.39, 0.29) is 0 Å². The molecular weight excluding hydrogens is 176 g/mol. The summed E-state index contributed by atoms with van der Waals surface area (Å²) in [6.07, 6.45) is 1.24. The Bertz CT molecular complexity index is 113. The molecule has 0 N–H and O–H groups in total. The molecule has 0 rings (SSSR count). The van der Waals surface area contributed by atoms with Gasteiger partial charge in [0.2, 0.25) is 0 Å². The second-order valence-corrected chi connectivity index (χ2v) is 8.84. The predicted molar refractivity (Wildman–Crippen MR) is 62.6 cm³/mol. The van der Waals surface area contributed by atoms with Crippen molar-refractivity contribution in [2.24, 2.45) is 5.92 Å². The summed E-state index contributed by atoms with van der Waals surface area (Å²) in [6, 6.07) is 3.82. The van der Waals surface area contributed by atoms with Crippen LogP contribution in [0.25, 0.3) is 0 Å². The van der Waals surface area contributed by atoms with Crippen molar-refractivity contribution in [3.8, 4) is 0 Å². The van der Waals surface area contributed by atoms with E-state index in [1.54, 1.807) is 0 Å². The van der Waals surface area contributed by atoms with Gasteiger partial charge in [-0.2, -0.15) is 0 Å². The van der Waals surface area contributed by atoms with Crippen LogP contribution in [0.3, 0.4) is 0 Å². The minimum Gasteiger partial charge on any atom is -0.417 e. The van der Waals surface area contributed by atoms with Crippen LogP contribution in [0.4, 0.5) is 0 Å². The zero-order chi connectivity index (χ0) is 10.3. The van der Waals surface area contributed by atoms with E-state index < -0.39 is 8.32 Å². The standard InChI is InChI=1S/C11H26OSi/c1-6-11(5)10-12-13(7-2,8-3)9-4/h11H,6-10H2,1-5H3. The topological polar surface area (TPSA) is 9.23 Å². The Morgan fingerprint density at radius 1 is 1.00 bits per heavy atom. The SMILES string of the molecule is CCC(C)CO[Si](CC)(CC)CC. The van der Waals surface area contributed by atoms with Gasteiger partial charge in [0.05, 0.1) is 0 Å². The number of rotatable bonds is 7. The fourth-order valence-electron chi connectivity index (χ4n) is 1.49. The average molecular weight is 202 g/mol. The second kappa shape index (κ2) is 6.60. The van der Waals surface area contributed by atoms with Crippen molar-refractivity contribution >= 4 is 8.32 Å². The van der Waals surface area contributed by atoms with Crippen molar-refractivity contribution in [2.75, 3.05) is 6.61 Å². The first-order valence-corrected chi connectivity index (χ1v) is 8.31. The number of hydrogen-bond donors (Lipinski definition) is 0. The largest absolute Gasteiger partial charge is 0.417 e. The first kappa shape index (κ1) is 13.2. The Balaban J connectivity index is 3.95. The van der Waals surface area contributed by atoms with Gasteiger partial charge in [0.1, 0.15) is 0 Å². The maximum atomic E-state index is 6.17. The maximum absolute atomic E-state index is 6.17. The van der Waals surface area contributed by atoms with Crippen molar-refractivity contribution in [1.29, 1.82) is 0 Å². The quantitative estimate of drug-likeness (QED) is 0.566. The van der Waals surface area contributed by atoms with Crippen LogP contribution >= 0.6 is 0 Å². The molecule has 0 aliphatic rings. The highest BCUT2D eigenvalue weighted by molar-refractivity contribution is 6.73. The summed E-state index contributed by atoms with van der Waals surface area (Å²) in [5, 5.41) is 0. The zero-order valence-electron chi connectivity index (χ0n) is 10.0. The van der Waals surface area contributed by atoms with Gasteiger partial charge in [0.25, 0.3) is 0 Å². The first-order valence-electron chi connectivity index (χ1n) is 5.78. The molecule has 0 saturated carbocycles. The molecule has 0 spiro atoms. The van der Waals surface area contributed by atoms with Crippen LogP contribution in [-0.4, -0.2) is 14.9 Å². The molecule has 1 atom stereocenters. The molecule has 1 nitrogen and oxygen atoms in total. The molecule has 0 amide bonds. The Morgan fingerprint density at radius 3 is 1.77 bits per heavy atom.